The number of piperazine rings is 1. The van der Waals surface area contributed by atoms with E-state index in [0.29, 0.717) is 26.2 Å². The summed E-state index contributed by atoms with van der Waals surface area (Å²) in [5.41, 5.74) is 5.51. The summed E-state index contributed by atoms with van der Waals surface area (Å²) in [6, 6.07) is 1.77. The van der Waals surface area contributed by atoms with Gasteiger partial charge in [0.25, 0.3) is 0 Å². The summed E-state index contributed by atoms with van der Waals surface area (Å²) in [4.78, 5) is 9.93. The second-order valence-corrected chi connectivity index (χ2v) is 5.90. The number of nitrogen functional groups attached to an aromatic ring is 1. The van der Waals surface area contributed by atoms with Crippen molar-refractivity contribution in [2.24, 2.45) is 0 Å². The molecule has 1 aliphatic heterocycles. The molecule has 2 rings (SSSR count). The van der Waals surface area contributed by atoms with Gasteiger partial charge in [-0.3, -0.25) is 0 Å². The topological polar surface area (TPSA) is 92.4 Å². The number of hydrogen-bond acceptors (Lipinski definition) is 6. The van der Waals surface area contributed by atoms with Crippen molar-refractivity contribution in [3.05, 3.63) is 12.3 Å². The van der Waals surface area contributed by atoms with E-state index in [2.05, 4.69) is 9.97 Å². The van der Waals surface area contributed by atoms with Crippen molar-refractivity contribution in [2.75, 3.05) is 43.1 Å². The molecule has 2 N–H and O–H groups in total. The summed E-state index contributed by atoms with van der Waals surface area (Å²) in [6.45, 7) is 2.18. The predicted octanol–water partition coefficient (Wildman–Crippen LogP) is -0.860. The van der Waals surface area contributed by atoms with Gasteiger partial charge in [-0.05, 0) is 6.07 Å². The molecule has 0 aromatic carbocycles. The number of rotatable bonds is 2. The molecular formula is C9H15N5O2S. The van der Waals surface area contributed by atoms with E-state index in [1.807, 2.05) is 4.90 Å². The van der Waals surface area contributed by atoms with E-state index < -0.39 is 10.0 Å². The lowest BCUT2D eigenvalue weighted by atomic mass is 10.3. The molecule has 0 aliphatic carbocycles. The lowest BCUT2D eigenvalue weighted by molar-refractivity contribution is 0.387. The van der Waals surface area contributed by atoms with Crippen LogP contribution in [-0.4, -0.2) is 55.1 Å². The highest BCUT2D eigenvalue weighted by molar-refractivity contribution is 7.88. The second kappa shape index (κ2) is 4.46. The molecule has 94 valence electrons. The van der Waals surface area contributed by atoms with Gasteiger partial charge in [0.2, 0.25) is 16.0 Å². The van der Waals surface area contributed by atoms with Crippen LogP contribution in [0.3, 0.4) is 0 Å². The molecule has 1 saturated heterocycles. The Morgan fingerprint density at radius 2 is 1.94 bits per heavy atom. The highest BCUT2D eigenvalue weighted by Gasteiger charge is 2.23. The Morgan fingerprint density at radius 3 is 2.47 bits per heavy atom. The van der Waals surface area contributed by atoms with Crippen LogP contribution in [0.1, 0.15) is 0 Å². The van der Waals surface area contributed by atoms with E-state index in [1.54, 1.807) is 12.3 Å². The third-order valence-electron chi connectivity index (χ3n) is 2.69. The summed E-state index contributed by atoms with van der Waals surface area (Å²) < 4.78 is 24.2. The maximum Gasteiger partial charge on any atom is 0.221 e. The SMILES string of the molecule is CS(=O)(=O)N1CCN(c2ccnc(N)n2)CC1. The van der Waals surface area contributed by atoms with Crippen LogP contribution in [0.4, 0.5) is 11.8 Å². The number of nitrogens with zero attached hydrogens (tertiary/aromatic N) is 4. The number of hydrogen-bond donors (Lipinski definition) is 1. The monoisotopic (exact) mass is 257 g/mol. The van der Waals surface area contributed by atoms with Gasteiger partial charge in [-0.1, -0.05) is 0 Å². The van der Waals surface area contributed by atoms with Crippen molar-refractivity contribution in [1.29, 1.82) is 0 Å². The maximum atomic E-state index is 11.3. The average Bonchev–Trinajstić information content (AvgIpc) is 2.28. The lowest BCUT2D eigenvalue weighted by Crippen LogP contribution is -2.48. The Hall–Kier alpha value is -1.41. The van der Waals surface area contributed by atoms with Gasteiger partial charge < -0.3 is 10.6 Å². The van der Waals surface area contributed by atoms with Crippen LogP contribution in [0.25, 0.3) is 0 Å². The van der Waals surface area contributed by atoms with Gasteiger partial charge in [0, 0.05) is 32.4 Å². The van der Waals surface area contributed by atoms with Gasteiger partial charge in [-0.15, -0.1) is 0 Å². The highest BCUT2D eigenvalue weighted by atomic mass is 32.2. The fraction of sp³-hybridized carbons (Fsp3) is 0.556. The van der Waals surface area contributed by atoms with Gasteiger partial charge in [0.05, 0.1) is 6.26 Å². The van der Waals surface area contributed by atoms with Crippen molar-refractivity contribution >= 4 is 21.8 Å². The van der Waals surface area contributed by atoms with E-state index in [-0.39, 0.29) is 5.95 Å². The smallest absolute Gasteiger partial charge is 0.221 e. The van der Waals surface area contributed by atoms with Crippen molar-refractivity contribution in [2.45, 2.75) is 0 Å². The first-order chi connectivity index (χ1) is 7.97. The Morgan fingerprint density at radius 1 is 1.29 bits per heavy atom. The summed E-state index contributed by atoms with van der Waals surface area (Å²) in [7, 11) is -3.09. The van der Waals surface area contributed by atoms with Gasteiger partial charge >= 0.3 is 0 Å². The first-order valence-electron chi connectivity index (χ1n) is 5.25. The van der Waals surface area contributed by atoms with Crippen molar-refractivity contribution in [3.8, 4) is 0 Å². The van der Waals surface area contributed by atoms with Crippen LogP contribution in [0.5, 0.6) is 0 Å². The average molecular weight is 257 g/mol. The minimum absolute atomic E-state index is 0.230. The summed E-state index contributed by atoms with van der Waals surface area (Å²) in [6.07, 6.45) is 2.83. The molecule has 8 heteroatoms. The fourth-order valence-corrected chi connectivity index (χ4v) is 2.62. The molecule has 0 radical (unpaired) electrons. The van der Waals surface area contributed by atoms with Crippen LogP contribution in [0.2, 0.25) is 0 Å². The van der Waals surface area contributed by atoms with E-state index in [0.717, 1.165) is 5.82 Å². The zero-order valence-corrected chi connectivity index (χ0v) is 10.4. The summed E-state index contributed by atoms with van der Waals surface area (Å²) >= 11 is 0. The zero-order valence-electron chi connectivity index (χ0n) is 9.57. The van der Waals surface area contributed by atoms with Gasteiger partial charge in [0.1, 0.15) is 5.82 Å². The minimum atomic E-state index is -3.09. The molecule has 0 saturated carbocycles. The molecule has 0 spiro atoms. The molecule has 0 unspecified atom stereocenters. The number of nitrogens with two attached hydrogens (primary N) is 1. The highest BCUT2D eigenvalue weighted by Crippen LogP contribution is 2.14. The van der Waals surface area contributed by atoms with E-state index in [4.69, 9.17) is 5.73 Å². The first-order valence-corrected chi connectivity index (χ1v) is 7.10. The van der Waals surface area contributed by atoms with E-state index in [1.165, 1.54) is 10.6 Å². The van der Waals surface area contributed by atoms with E-state index >= 15 is 0 Å². The predicted molar refractivity (Wildman–Crippen MR) is 65.1 cm³/mol. The lowest BCUT2D eigenvalue weighted by Gasteiger charge is -2.33. The van der Waals surface area contributed by atoms with E-state index in [9.17, 15) is 8.42 Å². The van der Waals surface area contributed by atoms with Crippen molar-refractivity contribution < 1.29 is 8.42 Å². The zero-order chi connectivity index (χ0) is 12.5. The maximum absolute atomic E-state index is 11.3. The van der Waals surface area contributed by atoms with Crippen LogP contribution >= 0.6 is 0 Å². The largest absolute Gasteiger partial charge is 0.368 e. The van der Waals surface area contributed by atoms with Gasteiger partial charge in [-0.2, -0.15) is 9.29 Å². The molecule has 1 aromatic rings. The summed E-state index contributed by atoms with van der Waals surface area (Å²) in [5.74, 6) is 0.971. The molecule has 1 aliphatic rings. The number of aromatic nitrogens is 2. The molecular weight excluding hydrogens is 242 g/mol. The standard InChI is InChI=1S/C9H15N5O2S/c1-17(15,16)14-6-4-13(5-7-14)8-2-3-11-9(10)12-8/h2-3H,4-7H2,1H3,(H2,10,11,12). The number of sulfonamides is 1. The Labute approximate surface area is 100 Å². The normalized spacial score (nSPS) is 18.3. The van der Waals surface area contributed by atoms with Crippen molar-refractivity contribution in [3.63, 3.8) is 0 Å². The minimum Gasteiger partial charge on any atom is -0.368 e. The molecule has 7 nitrogen and oxygen atoms in total. The van der Waals surface area contributed by atoms with Gasteiger partial charge in [-0.25, -0.2) is 13.4 Å². The van der Waals surface area contributed by atoms with Crippen LogP contribution in [-0.2, 0) is 10.0 Å². The molecule has 0 amide bonds. The number of anilines is 2. The summed E-state index contributed by atoms with van der Waals surface area (Å²) in [5, 5.41) is 0. The Bertz CT molecular complexity index is 496. The quantitative estimate of drug-likeness (QED) is 0.741. The van der Waals surface area contributed by atoms with Crippen LogP contribution in [0, 0.1) is 0 Å². The Balaban J connectivity index is 2.05. The molecule has 1 fully saturated rings. The molecule has 1 aromatic heterocycles. The van der Waals surface area contributed by atoms with Gasteiger partial charge in [0.15, 0.2) is 0 Å². The molecule has 2 heterocycles. The fourth-order valence-electron chi connectivity index (χ4n) is 1.79. The Kier molecular flexibility index (Phi) is 3.16. The third-order valence-corrected chi connectivity index (χ3v) is 3.99. The first kappa shape index (κ1) is 12.1. The third kappa shape index (κ3) is 2.83. The van der Waals surface area contributed by atoms with Crippen LogP contribution in [0.15, 0.2) is 12.3 Å². The van der Waals surface area contributed by atoms with Crippen LogP contribution < -0.4 is 10.6 Å². The molecule has 17 heavy (non-hydrogen) atoms. The van der Waals surface area contributed by atoms with Crippen molar-refractivity contribution in [1.82, 2.24) is 14.3 Å². The molecule has 0 bridgehead atoms. The second-order valence-electron chi connectivity index (χ2n) is 3.92. The molecule has 0 atom stereocenters.